The third kappa shape index (κ3) is 4.65. The van der Waals surface area contributed by atoms with Crippen LogP contribution < -0.4 is 5.32 Å². The van der Waals surface area contributed by atoms with Crippen molar-refractivity contribution in [3.8, 4) is 11.1 Å². The van der Waals surface area contributed by atoms with Crippen LogP contribution in [-0.2, 0) is 16.0 Å². The molecule has 1 saturated carbocycles. The molecule has 1 aliphatic heterocycles. The van der Waals surface area contributed by atoms with E-state index in [1.165, 1.54) is 5.56 Å². The summed E-state index contributed by atoms with van der Waals surface area (Å²) in [6.45, 7) is 5.34. The minimum atomic E-state index is -0.496. The Morgan fingerprint density at radius 1 is 1.10 bits per heavy atom. The molecule has 2 amide bonds. The number of rotatable bonds is 6. The van der Waals surface area contributed by atoms with Crippen LogP contribution in [0.25, 0.3) is 11.1 Å². The molecule has 2 aromatic rings. The van der Waals surface area contributed by atoms with E-state index in [4.69, 9.17) is 0 Å². The summed E-state index contributed by atoms with van der Waals surface area (Å²) in [5.41, 5.74) is 2.94. The molecule has 2 heterocycles. The second kappa shape index (κ2) is 9.21. The number of benzene rings is 1. The maximum absolute atomic E-state index is 13.4. The maximum Gasteiger partial charge on any atom is 0.226 e. The van der Waals surface area contributed by atoms with Crippen LogP contribution in [0.15, 0.2) is 48.8 Å². The van der Waals surface area contributed by atoms with E-state index in [-0.39, 0.29) is 17.9 Å². The predicted molar refractivity (Wildman–Crippen MR) is 122 cm³/mol. The molecule has 0 unspecified atom stereocenters. The van der Waals surface area contributed by atoms with Gasteiger partial charge in [0.2, 0.25) is 11.8 Å². The summed E-state index contributed by atoms with van der Waals surface area (Å²) in [5.74, 6) is 0.619. The van der Waals surface area contributed by atoms with E-state index in [9.17, 15) is 9.59 Å². The van der Waals surface area contributed by atoms with Gasteiger partial charge in [-0.25, -0.2) is 0 Å². The van der Waals surface area contributed by atoms with Crippen molar-refractivity contribution in [2.75, 3.05) is 13.1 Å². The summed E-state index contributed by atoms with van der Waals surface area (Å²) in [6.07, 6.45) is 8.90. The standard InChI is InChI=1S/C26H33N3O2/c1-19(2)28-25(31)26(12-16-29(17-13-26)24(30)21-7-5-8-21)18-22-6-3-4-9-23(22)20-10-14-27-15-11-20/h3-4,6,9-11,14-15,19,21H,5,7-8,12-13,16-18H2,1-2H3,(H,28,31). The molecular formula is C26H33N3O2. The van der Waals surface area contributed by atoms with E-state index in [0.717, 1.165) is 30.4 Å². The molecular weight excluding hydrogens is 386 g/mol. The van der Waals surface area contributed by atoms with Gasteiger partial charge in [-0.3, -0.25) is 14.6 Å². The molecule has 0 spiro atoms. The summed E-state index contributed by atoms with van der Waals surface area (Å²) < 4.78 is 0. The third-order valence-electron chi connectivity index (χ3n) is 6.93. The lowest BCUT2D eigenvalue weighted by Gasteiger charge is -2.43. The van der Waals surface area contributed by atoms with Crippen molar-refractivity contribution in [2.24, 2.45) is 11.3 Å². The number of carbonyl (C=O) groups excluding carboxylic acids is 2. The lowest BCUT2D eigenvalue weighted by Crippen LogP contribution is -2.53. The molecule has 0 atom stereocenters. The Morgan fingerprint density at radius 3 is 2.39 bits per heavy atom. The van der Waals surface area contributed by atoms with E-state index in [1.54, 1.807) is 12.4 Å². The van der Waals surface area contributed by atoms with Crippen LogP contribution in [0.2, 0.25) is 0 Å². The van der Waals surface area contributed by atoms with Gasteiger partial charge in [-0.2, -0.15) is 0 Å². The van der Waals surface area contributed by atoms with Gasteiger partial charge < -0.3 is 10.2 Å². The maximum atomic E-state index is 13.4. The fourth-order valence-corrected chi connectivity index (χ4v) is 4.82. The fraction of sp³-hybridized carbons (Fsp3) is 0.500. The summed E-state index contributed by atoms with van der Waals surface area (Å²) in [7, 11) is 0. The van der Waals surface area contributed by atoms with E-state index >= 15 is 0 Å². The summed E-state index contributed by atoms with van der Waals surface area (Å²) in [5, 5.41) is 3.17. The van der Waals surface area contributed by atoms with Crippen LogP contribution in [-0.4, -0.2) is 40.8 Å². The molecule has 31 heavy (non-hydrogen) atoms. The highest BCUT2D eigenvalue weighted by Crippen LogP contribution is 2.39. The Kier molecular flexibility index (Phi) is 6.40. The summed E-state index contributed by atoms with van der Waals surface area (Å²) >= 11 is 0. The van der Waals surface area contributed by atoms with Gasteiger partial charge in [-0.05, 0) is 74.8 Å². The van der Waals surface area contributed by atoms with Crippen LogP contribution >= 0.6 is 0 Å². The van der Waals surface area contributed by atoms with Crippen LogP contribution in [0, 0.1) is 11.3 Å². The Hall–Kier alpha value is -2.69. The zero-order valence-corrected chi connectivity index (χ0v) is 18.6. The van der Waals surface area contributed by atoms with Gasteiger partial charge in [0.15, 0.2) is 0 Å². The Labute approximate surface area is 185 Å². The van der Waals surface area contributed by atoms with Crippen molar-refractivity contribution < 1.29 is 9.59 Å². The monoisotopic (exact) mass is 419 g/mol. The quantitative estimate of drug-likeness (QED) is 0.762. The van der Waals surface area contributed by atoms with Crippen LogP contribution in [0.4, 0.5) is 0 Å². The highest BCUT2D eigenvalue weighted by Gasteiger charge is 2.44. The van der Waals surface area contributed by atoms with E-state index < -0.39 is 5.41 Å². The SMILES string of the molecule is CC(C)NC(=O)C1(Cc2ccccc2-c2ccncc2)CCN(C(=O)C2CCC2)CC1. The topological polar surface area (TPSA) is 62.3 Å². The number of nitrogens with one attached hydrogen (secondary N) is 1. The molecule has 5 nitrogen and oxygen atoms in total. The highest BCUT2D eigenvalue weighted by molar-refractivity contribution is 5.85. The second-order valence-corrected chi connectivity index (χ2v) is 9.43. The molecule has 1 aliphatic carbocycles. The first-order chi connectivity index (χ1) is 15.0. The molecule has 1 saturated heterocycles. The van der Waals surface area contributed by atoms with Gasteiger partial charge in [0.05, 0.1) is 5.41 Å². The number of piperidine rings is 1. The zero-order valence-electron chi connectivity index (χ0n) is 18.6. The van der Waals surface area contributed by atoms with Gasteiger partial charge in [0.1, 0.15) is 0 Å². The lowest BCUT2D eigenvalue weighted by molar-refractivity contribution is -0.145. The number of hydrogen-bond acceptors (Lipinski definition) is 3. The second-order valence-electron chi connectivity index (χ2n) is 9.43. The average molecular weight is 420 g/mol. The molecule has 0 radical (unpaired) electrons. The van der Waals surface area contributed by atoms with Crippen molar-refractivity contribution in [2.45, 2.75) is 58.4 Å². The number of aromatic nitrogens is 1. The fourth-order valence-electron chi connectivity index (χ4n) is 4.82. The largest absolute Gasteiger partial charge is 0.353 e. The Balaban J connectivity index is 1.59. The number of nitrogens with zero attached hydrogens (tertiary/aromatic N) is 2. The number of amides is 2. The van der Waals surface area contributed by atoms with Gasteiger partial charge in [0, 0.05) is 37.4 Å². The lowest BCUT2D eigenvalue weighted by atomic mass is 9.71. The van der Waals surface area contributed by atoms with Crippen molar-refractivity contribution in [1.82, 2.24) is 15.2 Å². The molecule has 1 aromatic carbocycles. The van der Waals surface area contributed by atoms with E-state index in [0.29, 0.717) is 38.3 Å². The van der Waals surface area contributed by atoms with Gasteiger partial charge >= 0.3 is 0 Å². The van der Waals surface area contributed by atoms with Gasteiger partial charge in [-0.1, -0.05) is 30.7 Å². The molecule has 2 aliphatic rings. The first kappa shape index (κ1) is 21.5. The van der Waals surface area contributed by atoms with Gasteiger partial charge in [-0.15, -0.1) is 0 Å². The number of pyridine rings is 1. The Morgan fingerprint density at radius 2 is 1.77 bits per heavy atom. The van der Waals surface area contributed by atoms with Gasteiger partial charge in [0.25, 0.3) is 0 Å². The normalized spacial score (nSPS) is 18.5. The third-order valence-corrected chi connectivity index (χ3v) is 6.93. The molecule has 5 heteroatoms. The van der Waals surface area contributed by atoms with Crippen molar-refractivity contribution in [3.05, 3.63) is 54.4 Å². The van der Waals surface area contributed by atoms with Crippen LogP contribution in [0.5, 0.6) is 0 Å². The summed E-state index contributed by atoms with van der Waals surface area (Å²) in [6, 6.07) is 12.5. The molecule has 0 bridgehead atoms. The van der Waals surface area contributed by atoms with Crippen LogP contribution in [0.1, 0.15) is 51.5 Å². The predicted octanol–water partition coefficient (Wildman–Crippen LogP) is 4.22. The Bertz CT molecular complexity index is 913. The number of carbonyl (C=O) groups is 2. The number of likely N-dealkylation sites (tertiary alicyclic amines) is 1. The van der Waals surface area contributed by atoms with Crippen molar-refractivity contribution >= 4 is 11.8 Å². The molecule has 4 rings (SSSR count). The summed E-state index contributed by atoms with van der Waals surface area (Å²) in [4.78, 5) is 32.3. The van der Waals surface area contributed by atoms with Crippen LogP contribution in [0.3, 0.4) is 0 Å². The first-order valence-electron chi connectivity index (χ1n) is 11.6. The van der Waals surface area contributed by atoms with Crippen molar-refractivity contribution in [3.63, 3.8) is 0 Å². The van der Waals surface area contributed by atoms with E-state index in [1.807, 2.05) is 43.0 Å². The average Bonchev–Trinajstić information content (AvgIpc) is 2.73. The molecule has 2 fully saturated rings. The zero-order chi connectivity index (χ0) is 21.8. The van der Waals surface area contributed by atoms with E-state index in [2.05, 4.69) is 22.4 Å². The molecule has 1 aromatic heterocycles. The molecule has 164 valence electrons. The molecule has 1 N–H and O–H groups in total. The smallest absolute Gasteiger partial charge is 0.226 e. The highest BCUT2D eigenvalue weighted by atomic mass is 16.2. The minimum absolute atomic E-state index is 0.0921. The first-order valence-corrected chi connectivity index (χ1v) is 11.6. The number of hydrogen-bond donors (Lipinski definition) is 1. The van der Waals surface area contributed by atoms with Crippen molar-refractivity contribution in [1.29, 1.82) is 0 Å². The minimum Gasteiger partial charge on any atom is -0.353 e.